The van der Waals surface area contributed by atoms with Gasteiger partial charge in [0.2, 0.25) is 0 Å². The molecule has 1 saturated heterocycles. The lowest BCUT2D eigenvalue weighted by Gasteiger charge is -2.22. The van der Waals surface area contributed by atoms with E-state index in [9.17, 15) is 9.59 Å². The fourth-order valence-electron chi connectivity index (χ4n) is 1.98. The van der Waals surface area contributed by atoms with E-state index in [0.717, 1.165) is 12.8 Å². The van der Waals surface area contributed by atoms with Crippen LogP contribution >= 0.6 is 0 Å². The van der Waals surface area contributed by atoms with Crippen LogP contribution in [0.5, 0.6) is 0 Å². The lowest BCUT2D eigenvalue weighted by molar-refractivity contribution is -0.151. The van der Waals surface area contributed by atoms with Gasteiger partial charge in [-0.2, -0.15) is 0 Å². The minimum absolute atomic E-state index is 0.00699. The summed E-state index contributed by atoms with van der Waals surface area (Å²) in [6.07, 6.45) is 1.73. The van der Waals surface area contributed by atoms with Gasteiger partial charge in [-0.15, -0.1) is 0 Å². The van der Waals surface area contributed by atoms with E-state index < -0.39 is 5.41 Å². The van der Waals surface area contributed by atoms with Gasteiger partial charge >= 0.3 is 5.97 Å². The molecule has 0 N–H and O–H groups in total. The lowest BCUT2D eigenvalue weighted by atomic mass is 9.74. The molecule has 1 rings (SSSR count). The Bertz CT molecular complexity index is 259. The van der Waals surface area contributed by atoms with Crippen molar-refractivity contribution in [3.8, 4) is 0 Å². The summed E-state index contributed by atoms with van der Waals surface area (Å²) < 4.78 is 5.23. The van der Waals surface area contributed by atoms with Crippen LogP contribution in [0.2, 0.25) is 0 Å². The Balaban J connectivity index is 2.90. The molecule has 1 fully saturated rings. The lowest BCUT2D eigenvalue weighted by Crippen LogP contribution is -2.36. The third-order valence-corrected chi connectivity index (χ3v) is 3.46. The maximum Gasteiger partial charge on any atom is 0.320 e. The molecule has 3 atom stereocenters. The molecule has 0 radical (unpaired) electrons. The smallest absolute Gasteiger partial charge is 0.320 e. The van der Waals surface area contributed by atoms with Gasteiger partial charge in [-0.05, 0) is 20.3 Å². The number of carbonyl (C=O) groups is 2. The molecule has 3 nitrogen and oxygen atoms in total. The van der Waals surface area contributed by atoms with E-state index in [1.54, 1.807) is 6.92 Å². The number of rotatable bonds is 3. The molecule has 0 amide bonds. The molecule has 0 aliphatic carbocycles. The predicted molar refractivity (Wildman–Crippen MR) is 52.7 cm³/mol. The van der Waals surface area contributed by atoms with E-state index in [1.807, 2.05) is 13.8 Å². The first-order valence-electron chi connectivity index (χ1n) is 5.16. The Labute approximate surface area is 84.8 Å². The summed E-state index contributed by atoms with van der Waals surface area (Å²) in [5.41, 5.74) is -0.917. The Kier molecular flexibility index (Phi) is 2.98. The topological polar surface area (TPSA) is 43.4 Å². The van der Waals surface area contributed by atoms with Crippen molar-refractivity contribution in [3.63, 3.8) is 0 Å². The van der Waals surface area contributed by atoms with E-state index in [0.29, 0.717) is 0 Å². The third kappa shape index (κ3) is 1.45. The zero-order chi connectivity index (χ0) is 10.9. The molecule has 0 unspecified atom stereocenters. The molecule has 3 heteroatoms. The first-order chi connectivity index (χ1) is 6.44. The van der Waals surface area contributed by atoms with Gasteiger partial charge in [0.15, 0.2) is 0 Å². The second-order valence-corrected chi connectivity index (χ2v) is 4.28. The Morgan fingerprint density at radius 2 is 2.14 bits per heavy atom. The standard InChI is InChI=1S/C11H18O3/c1-5-6-9-7(2)11(4,8(3)12)10(13)14-9/h7,9H,5-6H2,1-4H3/t7-,9+,11+/m1/s1. The van der Waals surface area contributed by atoms with Crippen LogP contribution in [0.15, 0.2) is 0 Å². The summed E-state index contributed by atoms with van der Waals surface area (Å²) in [6, 6.07) is 0. The fraction of sp³-hybridized carbons (Fsp3) is 0.818. The summed E-state index contributed by atoms with van der Waals surface area (Å²) in [5.74, 6) is -0.447. The maximum atomic E-state index is 11.6. The average Bonchev–Trinajstić information content (AvgIpc) is 2.32. The first kappa shape index (κ1) is 11.2. The summed E-state index contributed by atoms with van der Waals surface area (Å²) in [5, 5.41) is 0. The molecule has 1 aliphatic rings. The van der Waals surface area contributed by atoms with Crippen LogP contribution in [-0.2, 0) is 14.3 Å². The highest BCUT2D eigenvalue weighted by molar-refractivity contribution is 6.03. The molecule has 0 aromatic carbocycles. The number of hydrogen-bond acceptors (Lipinski definition) is 3. The molecule has 0 aromatic rings. The number of Topliss-reactive ketones (excluding diaryl/α,β-unsaturated/α-hetero) is 1. The summed E-state index contributed by atoms with van der Waals surface area (Å²) in [6.45, 7) is 7.13. The molecule has 1 aliphatic heterocycles. The maximum absolute atomic E-state index is 11.6. The minimum atomic E-state index is -0.917. The van der Waals surface area contributed by atoms with Crippen molar-refractivity contribution in [2.24, 2.45) is 11.3 Å². The number of carbonyl (C=O) groups excluding carboxylic acids is 2. The summed E-state index contributed by atoms with van der Waals surface area (Å²) >= 11 is 0. The van der Waals surface area contributed by atoms with Crippen LogP contribution in [0.3, 0.4) is 0 Å². The van der Waals surface area contributed by atoms with Crippen LogP contribution < -0.4 is 0 Å². The minimum Gasteiger partial charge on any atom is -0.461 e. The molecule has 0 aromatic heterocycles. The summed E-state index contributed by atoms with van der Waals surface area (Å²) in [7, 11) is 0. The number of ether oxygens (including phenoxy) is 1. The number of esters is 1. The quantitative estimate of drug-likeness (QED) is 0.514. The van der Waals surface area contributed by atoms with Crippen LogP contribution in [0.4, 0.5) is 0 Å². The predicted octanol–water partition coefficient (Wildman–Crippen LogP) is 1.94. The van der Waals surface area contributed by atoms with E-state index in [1.165, 1.54) is 6.92 Å². The third-order valence-electron chi connectivity index (χ3n) is 3.46. The van der Waals surface area contributed by atoms with Crippen molar-refractivity contribution in [1.29, 1.82) is 0 Å². The van der Waals surface area contributed by atoms with Gasteiger partial charge in [0.25, 0.3) is 0 Å². The van der Waals surface area contributed by atoms with E-state index in [4.69, 9.17) is 4.74 Å². The van der Waals surface area contributed by atoms with Crippen molar-refractivity contribution in [2.45, 2.75) is 46.6 Å². The van der Waals surface area contributed by atoms with Gasteiger partial charge in [0.1, 0.15) is 17.3 Å². The highest BCUT2D eigenvalue weighted by Crippen LogP contribution is 2.41. The van der Waals surface area contributed by atoms with Gasteiger partial charge in [-0.25, -0.2) is 0 Å². The normalized spacial score (nSPS) is 37.0. The van der Waals surface area contributed by atoms with Gasteiger partial charge in [-0.1, -0.05) is 20.3 Å². The summed E-state index contributed by atoms with van der Waals surface area (Å²) in [4.78, 5) is 23.0. The Morgan fingerprint density at radius 1 is 1.57 bits per heavy atom. The monoisotopic (exact) mass is 198 g/mol. The highest BCUT2D eigenvalue weighted by Gasteiger charge is 2.54. The molecular weight excluding hydrogens is 180 g/mol. The molecule has 80 valence electrons. The molecule has 0 spiro atoms. The van der Waals surface area contributed by atoms with Gasteiger partial charge < -0.3 is 4.74 Å². The number of cyclic esters (lactones) is 1. The molecule has 14 heavy (non-hydrogen) atoms. The van der Waals surface area contributed by atoms with Gasteiger partial charge in [0.05, 0.1) is 0 Å². The van der Waals surface area contributed by atoms with Crippen LogP contribution in [-0.4, -0.2) is 17.9 Å². The van der Waals surface area contributed by atoms with Crippen molar-refractivity contribution >= 4 is 11.8 Å². The molecule has 0 bridgehead atoms. The van der Waals surface area contributed by atoms with Crippen LogP contribution in [0.25, 0.3) is 0 Å². The first-order valence-corrected chi connectivity index (χ1v) is 5.16. The van der Waals surface area contributed by atoms with Crippen LogP contribution in [0, 0.1) is 11.3 Å². The van der Waals surface area contributed by atoms with Crippen molar-refractivity contribution in [2.75, 3.05) is 0 Å². The van der Waals surface area contributed by atoms with Gasteiger partial charge in [-0.3, -0.25) is 9.59 Å². The van der Waals surface area contributed by atoms with Crippen molar-refractivity contribution < 1.29 is 14.3 Å². The number of ketones is 1. The average molecular weight is 198 g/mol. The second kappa shape index (κ2) is 3.71. The van der Waals surface area contributed by atoms with Crippen LogP contribution in [0.1, 0.15) is 40.5 Å². The largest absolute Gasteiger partial charge is 0.461 e. The highest BCUT2D eigenvalue weighted by atomic mass is 16.6. The zero-order valence-electron chi connectivity index (χ0n) is 9.29. The zero-order valence-corrected chi connectivity index (χ0v) is 9.29. The van der Waals surface area contributed by atoms with E-state index in [2.05, 4.69) is 0 Å². The number of hydrogen-bond donors (Lipinski definition) is 0. The van der Waals surface area contributed by atoms with E-state index in [-0.39, 0.29) is 23.8 Å². The SMILES string of the molecule is CCC[C@@H]1OC(=O)[C@](C)(C(C)=O)[C@@H]1C. The molecule has 0 saturated carbocycles. The Morgan fingerprint density at radius 3 is 2.50 bits per heavy atom. The van der Waals surface area contributed by atoms with Crippen molar-refractivity contribution in [1.82, 2.24) is 0 Å². The molecule has 1 heterocycles. The van der Waals surface area contributed by atoms with Crippen molar-refractivity contribution in [3.05, 3.63) is 0 Å². The van der Waals surface area contributed by atoms with Gasteiger partial charge in [0, 0.05) is 5.92 Å². The fourth-order valence-corrected chi connectivity index (χ4v) is 1.98. The van der Waals surface area contributed by atoms with E-state index >= 15 is 0 Å². The molecular formula is C11H18O3. The Hall–Kier alpha value is -0.860. The second-order valence-electron chi connectivity index (χ2n) is 4.28.